The van der Waals surface area contributed by atoms with Crippen molar-refractivity contribution in [2.24, 2.45) is 0 Å². The molecular formula is C70H47N. The number of para-hydroxylation sites is 1. The Morgan fingerprint density at radius 1 is 0.310 bits per heavy atom. The molecule has 0 spiro atoms. The maximum absolute atomic E-state index is 2.51. The van der Waals surface area contributed by atoms with Crippen LogP contribution in [0.2, 0.25) is 0 Å². The lowest BCUT2D eigenvalue weighted by Gasteiger charge is -2.20. The van der Waals surface area contributed by atoms with Crippen molar-refractivity contribution in [3.63, 3.8) is 0 Å². The summed E-state index contributed by atoms with van der Waals surface area (Å²) in [5, 5.41) is 7.56. The number of rotatable bonds is 5. The number of benzene rings is 11. The first-order valence-electron chi connectivity index (χ1n) is 24.8. The van der Waals surface area contributed by atoms with Crippen LogP contribution in [0.4, 0.5) is 0 Å². The number of aromatic nitrogens is 1. The molecule has 1 nitrogen and oxygen atoms in total. The van der Waals surface area contributed by atoms with E-state index in [1.54, 1.807) is 0 Å². The van der Waals surface area contributed by atoms with E-state index in [9.17, 15) is 0 Å². The molecule has 332 valence electrons. The molecule has 1 aromatic heterocycles. The van der Waals surface area contributed by atoms with Gasteiger partial charge in [-0.25, -0.2) is 0 Å². The minimum Gasteiger partial charge on any atom is -0.309 e. The molecule has 0 saturated carbocycles. The second-order valence-corrected chi connectivity index (χ2v) is 19.1. The van der Waals surface area contributed by atoms with Crippen molar-refractivity contribution >= 4 is 48.9 Å². The molecule has 0 N–H and O–H groups in total. The fraction of sp³-hybridized carbons (Fsp3) is 0.0286. The summed E-state index contributed by atoms with van der Waals surface area (Å²) < 4.78 is 2.48. The van der Waals surface area contributed by atoms with Crippen molar-refractivity contribution in [1.29, 1.82) is 0 Å². The molecule has 11 aromatic carbocycles. The highest BCUT2D eigenvalue weighted by molar-refractivity contribution is 6.21. The van der Waals surface area contributed by atoms with Gasteiger partial charge in [0.25, 0.3) is 0 Å². The fourth-order valence-electron chi connectivity index (χ4n) is 11.9. The van der Waals surface area contributed by atoms with Crippen molar-refractivity contribution in [3.8, 4) is 72.4 Å². The van der Waals surface area contributed by atoms with Crippen LogP contribution in [0.1, 0.15) is 17.5 Å². The molecule has 0 bridgehead atoms. The van der Waals surface area contributed by atoms with Crippen molar-refractivity contribution in [3.05, 3.63) is 278 Å². The van der Waals surface area contributed by atoms with Crippen molar-refractivity contribution in [1.82, 2.24) is 4.57 Å². The number of hydrogen-bond donors (Lipinski definition) is 0. The molecule has 0 fully saturated rings. The van der Waals surface area contributed by atoms with Crippen LogP contribution in [-0.2, 0) is 6.42 Å². The molecule has 0 unspecified atom stereocenters. The average Bonchev–Trinajstić information content (AvgIpc) is 3.61. The number of nitrogens with zero attached hydrogens (tertiary/aromatic N) is 1. The minimum atomic E-state index is 0.814. The third-order valence-corrected chi connectivity index (χ3v) is 15.1. The molecule has 71 heavy (non-hydrogen) atoms. The van der Waals surface area contributed by atoms with Gasteiger partial charge in [0.05, 0.1) is 11.0 Å². The fourth-order valence-corrected chi connectivity index (χ4v) is 11.9. The van der Waals surface area contributed by atoms with E-state index in [1.165, 1.54) is 132 Å². The van der Waals surface area contributed by atoms with E-state index in [4.69, 9.17) is 0 Å². The van der Waals surface area contributed by atoms with Crippen LogP contribution in [-0.4, -0.2) is 4.57 Å². The SMILES string of the molecule is C1=CCC2=C(C=C1)Cc1cc(-c3c4ccccc4c(-c4ccccc4)c4ccccc34)ccc1-c1ccc(-n3c4ccccc4c4cc(-c5ccc(-c6ccccc6)cc5)ccc43)cc1-c1ccccc12. The second-order valence-electron chi connectivity index (χ2n) is 19.1. The van der Waals surface area contributed by atoms with Gasteiger partial charge in [-0.15, -0.1) is 0 Å². The highest BCUT2D eigenvalue weighted by Crippen LogP contribution is 2.48. The smallest absolute Gasteiger partial charge is 0.0541 e. The standard InChI is InChI=1S/C70H47N/c1-4-18-46(19-5-1)47-32-34-48(35-33-47)50-37-41-68-66(44-50)60-26-16-17-31-67(60)71(68)54-38-40-59-56-39-36-52(43-53(56)42-51-22-8-3-9-23-55(51)57-24-10-11-25-58(57)65(59)45-54)70-63-29-14-12-27-61(63)69(49-20-6-2-7-21-49)62-28-13-15-30-64(62)70/h1-22,24-41,43-45H,23,42H2. The van der Waals surface area contributed by atoms with Gasteiger partial charge < -0.3 is 4.57 Å². The monoisotopic (exact) mass is 901 g/mol. The third kappa shape index (κ3) is 6.84. The van der Waals surface area contributed by atoms with Crippen LogP contribution in [0.25, 0.3) is 121 Å². The first kappa shape index (κ1) is 41.0. The molecule has 0 atom stereocenters. The van der Waals surface area contributed by atoms with E-state index in [0.29, 0.717) is 0 Å². The molecule has 0 radical (unpaired) electrons. The lowest BCUT2D eigenvalue weighted by molar-refractivity contribution is 1.18. The van der Waals surface area contributed by atoms with Crippen LogP contribution in [0.5, 0.6) is 0 Å². The summed E-state index contributed by atoms with van der Waals surface area (Å²) in [6, 6.07) is 88.0. The molecule has 2 aliphatic carbocycles. The van der Waals surface area contributed by atoms with Crippen molar-refractivity contribution < 1.29 is 0 Å². The predicted octanol–water partition coefficient (Wildman–Crippen LogP) is 18.9. The molecule has 14 rings (SSSR count). The van der Waals surface area contributed by atoms with Crippen molar-refractivity contribution in [2.75, 3.05) is 0 Å². The van der Waals surface area contributed by atoms with Crippen LogP contribution < -0.4 is 0 Å². The predicted molar refractivity (Wildman–Crippen MR) is 302 cm³/mol. The summed E-state index contributed by atoms with van der Waals surface area (Å²) >= 11 is 0. The van der Waals surface area contributed by atoms with Crippen LogP contribution in [0, 0.1) is 0 Å². The normalized spacial score (nSPS) is 13.1. The molecule has 12 aromatic rings. The summed E-state index contributed by atoms with van der Waals surface area (Å²) in [6.07, 6.45) is 10.8. The van der Waals surface area contributed by atoms with E-state index in [-0.39, 0.29) is 0 Å². The van der Waals surface area contributed by atoms with E-state index in [2.05, 4.69) is 265 Å². The molecular weight excluding hydrogens is 855 g/mol. The first-order chi connectivity index (χ1) is 35.2. The zero-order valence-electron chi connectivity index (χ0n) is 39.2. The summed E-state index contributed by atoms with van der Waals surface area (Å²) in [5.74, 6) is 0. The first-order valence-corrected chi connectivity index (χ1v) is 24.8. The number of allylic oxidation sites excluding steroid dienone is 6. The molecule has 0 amide bonds. The van der Waals surface area contributed by atoms with Gasteiger partial charge in [-0.1, -0.05) is 231 Å². The average molecular weight is 902 g/mol. The highest BCUT2D eigenvalue weighted by Gasteiger charge is 2.24. The summed E-state index contributed by atoms with van der Waals surface area (Å²) in [4.78, 5) is 0. The van der Waals surface area contributed by atoms with Gasteiger partial charge >= 0.3 is 0 Å². The minimum absolute atomic E-state index is 0.814. The lowest BCUT2D eigenvalue weighted by atomic mass is 9.84. The maximum Gasteiger partial charge on any atom is 0.0541 e. The van der Waals surface area contributed by atoms with E-state index in [0.717, 1.165) is 18.5 Å². The Balaban J connectivity index is 0.968. The van der Waals surface area contributed by atoms with Gasteiger partial charge in [0.2, 0.25) is 0 Å². The maximum atomic E-state index is 2.51. The zero-order valence-corrected chi connectivity index (χ0v) is 39.2. The highest BCUT2D eigenvalue weighted by atomic mass is 15.0. The Morgan fingerprint density at radius 2 is 0.831 bits per heavy atom. The van der Waals surface area contributed by atoms with E-state index in [1.807, 2.05) is 0 Å². The van der Waals surface area contributed by atoms with Gasteiger partial charge in [-0.05, 0) is 154 Å². The molecule has 1 heterocycles. The topological polar surface area (TPSA) is 4.93 Å². The summed E-state index contributed by atoms with van der Waals surface area (Å²) in [6.45, 7) is 0. The Labute approximate surface area is 414 Å². The van der Waals surface area contributed by atoms with Crippen LogP contribution in [0.3, 0.4) is 0 Å². The van der Waals surface area contributed by atoms with Gasteiger partial charge in [0.1, 0.15) is 0 Å². The van der Waals surface area contributed by atoms with E-state index >= 15 is 0 Å². The zero-order chi connectivity index (χ0) is 46.8. The number of fused-ring (bicyclic) bond motifs is 11. The molecule has 0 aliphatic heterocycles. The largest absolute Gasteiger partial charge is 0.309 e. The van der Waals surface area contributed by atoms with Crippen molar-refractivity contribution in [2.45, 2.75) is 12.8 Å². The van der Waals surface area contributed by atoms with Crippen LogP contribution in [0.15, 0.2) is 266 Å². The molecule has 2 aliphatic rings. The Hall–Kier alpha value is -9.04. The van der Waals surface area contributed by atoms with Crippen LogP contribution >= 0.6 is 0 Å². The Morgan fingerprint density at radius 3 is 1.55 bits per heavy atom. The molecule has 0 saturated heterocycles. The third-order valence-electron chi connectivity index (χ3n) is 15.1. The van der Waals surface area contributed by atoms with Gasteiger partial charge in [-0.2, -0.15) is 0 Å². The Bertz CT molecular complexity index is 4120. The van der Waals surface area contributed by atoms with E-state index < -0.39 is 0 Å². The van der Waals surface area contributed by atoms with Gasteiger partial charge in [-0.3, -0.25) is 0 Å². The summed E-state index contributed by atoms with van der Waals surface area (Å²) in [5.41, 5.74) is 23.8. The molecule has 1 heteroatoms. The van der Waals surface area contributed by atoms with Gasteiger partial charge in [0, 0.05) is 16.5 Å². The second kappa shape index (κ2) is 16.9. The number of hydrogen-bond acceptors (Lipinski definition) is 0. The quantitative estimate of drug-likeness (QED) is 0.152. The summed E-state index contributed by atoms with van der Waals surface area (Å²) in [7, 11) is 0. The lowest BCUT2D eigenvalue weighted by Crippen LogP contribution is -1.98. The Kier molecular flexibility index (Phi) is 9.74. The van der Waals surface area contributed by atoms with Gasteiger partial charge in [0.15, 0.2) is 0 Å².